The molecular formula is C14H15FN2O2S. The van der Waals surface area contributed by atoms with E-state index in [1.807, 2.05) is 19.1 Å². The highest BCUT2D eigenvalue weighted by molar-refractivity contribution is 7.92. The first-order valence-corrected chi connectivity index (χ1v) is 7.61. The molecule has 0 aliphatic heterocycles. The molecule has 0 fully saturated rings. The first-order valence-electron chi connectivity index (χ1n) is 6.17. The minimum Gasteiger partial charge on any atom is -0.265 e. The van der Waals surface area contributed by atoms with Crippen LogP contribution in [-0.2, 0) is 10.0 Å². The molecule has 0 atom stereocenters. The molecule has 1 heterocycles. The second kappa shape index (κ2) is 5.58. The summed E-state index contributed by atoms with van der Waals surface area (Å²) in [5.41, 5.74) is 1.33. The van der Waals surface area contributed by atoms with E-state index in [9.17, 15) is 12.8 Å². The maximum atomic E-state index is 13.7. The van der Waals surface area contributed by atoms with E-state index >= 15 is 0 Å². The van der Waals surface area contributed by atoms with E-state index in [1.54, 1.807) is 19.1 Å². The van der Waals surface area contributed by atoms with Crippen LogP contribution in [0.15, 0.2) is 47.6 Å². The standard InChI is InChI=1S/C14H15FN2O2S/c1-3-17(13-9-5-4-7-11(13)2)20(18,19)14-12(15)8-6-10-16-14/h4-10H,3H2,1-2H3. The van der Waals surface area contributed by atoms with Crippen LogP contribution in [0.3, 0.4) is 0 Å². The average Bonchev–Trinajstić information content (AvgIpc) is 2.42. The van der Waals surface area contributed by atoms with Gasteiger partial charge in [-0.2, -0.15) is 8.42 Å². The van der Waals surface area contributed by atoms with Crippen LogP contribution in [-0.4, -0.2) is 19.9 Å². The Bertz CT molecular complexity index is 717. The van der Waals surface area contributed by atoms with Gasteiger partial charge in [0.25, 0.3) is 10.0 Å². The topological polar surface area (TPSA) is 50.3 Å². The van der Waals surface area contributed by atoms with Crippen LogP contribution >= 0.6 is 0 Å². The predicted molar refractivity (Wildman–Crippen MR) is 75.6 cm³/mol. The second-order valence-corrected chi connectivity index (χ2v) is 6.02. The molecule has 0 aliphatic carbocycles. The summed E-state index contributed by atoms with van der Waals surface area (Å²) in [6.45, 7) is 3.70. The third-order valence-electron chi connectivity index (χ3n) is 2.93. The number of para-hydroxylation sites is 1. The zero-order valence-corrected chi connectivity index (χ0v) is 12.1. The van der Waals surface area contributed by atoms with Gasteiger partial charge in [-0.05, 0) is 37.6 Å². The molecule has 0 N–H and O–H groups in total. The number of benzene rings is 1. The second-order valence-electron chi connectivity index (χ2n) is 4.25. The highest BCUT2D eigenvalue weighted by Gasteiger charge is 2.28. The number of aryl methyl sites for hydroxylation is 1. The van der Waals surface area contributed by atoms with Gasteiger partial charge in [-0.3, -0.25) is 4.31 Å². The van der Waals surface area contributed by atoms with Gasteiger partial charge >= 0.3 is 0 Å². The van der Waals surface area contributed by atoms with Gasteiger partial charge < -0.3 is 0 Å². The monoisotopic (exact) mass is 294 g/mol. The molecule has 0 saturated carbocycles. The summed E-state index contributed by atoms with van der Waals surface area (Å²) in [6.07, 6.45) is 1.27. The molecule has 2 rings (SSSR count). The minimum atomic E-state index is -4.01. The van der Waals surface area contributed by atoms with Crippen molar-refractivity contribution in [3.05, 3.63) is 54.0 Å². The molecule has 0 radical (unpaired) electrons. The number of pyridine rings is 1. The average molecular weight is 294 g/mol. The quantitative estimate of drug-likeness (QED) is 0.871. The molecule has 0 saturated heterocycles. The normalized spacial score (nSPS) is 11.3. The Morgan fingerprint density at radius 2 is 1.90 bits per heavy atom. The van der Waals surface area contributed by atoms with Gasteiger partial charge in [0.15, 0.2) is 5.82 Å². The smallest absolute Gasteiger partial charge is 0.265 e. The number of nitrogens with zero attached hydrogens (tertiary/aromatic N) is 2. The molecule has 2 aromatic rings. The molecule has 20 heavy (non-hydrogen) atoms. The SMILES string of the molecule is CCN(c1ccccc1C)S(=O)(=O)c1ncccc1F. The van der Waals surface area contributed by atoms with Crippen molar-refractivity contribution in [2.75, 3.05) is 10.8 Å². The Morgan fingerprint density at radius 3 is 2.50 bits per heavy atom. The molecule has 0 spiro atoms. The lowest BCUT2D eigenvalue weighted by Crippen LogP contribution is -2.32. The number of rotatable bonds is 4. The van der Waals surface area contributed by atoms with Gasteiger partial charge in [-0.1, -0.05) is 18.2 Å². The van der Waals surface area contributed by atoms with Gasteiger partial charge in [0, 0.05) is 12.7 Å². The van der Waals surface area contributed by atoms with E-state index in [-0.39, 0.29) is 6.54 Å². The fourth-order valence-corrected chi connectivity index (χ4v) is 3.50. The van der Waals surface area contributed by atoms with E-state index in [0.717, 1.165) is 15.9 Å². The summed E-state index contributed by atoms with van der Waals surface area (Å²) in [7, 11) is -4.01. The van der Waals surface area contributed by atoms with Crippen molar-refractivity contribution in [3.8, 4) is 0 Å². The fraction of sp³-hybridized carbons (Fsp3) is 0.214. The fourth-order valence-electron chi connectivity index (χ4n) is 1.98. The van der Waals surface area contributed by atoms with Crippen LogP contribution in [0, 0.1) is 12.7 Å². The van der Waals surface area contributed by atoms with Crippen LogP contribution in [0.5, 0.6) is 0 Å². The molecular weight excluding hydrogens is 279 g/mol. The molecule has 4 nitrogen and oxygen atoms in total. The number of anilines is 1. The first kappa shape index (κ1) is 14.5. The molecule has 0 bridgehead atoms. The Hall–Kier alpha value is -1.95. The van der Waals surface area contributed by atoms with E-state index in [1.165, 1.54) is 12.3 Å². The minimum absolute atomic E-state index is 0.198. The number of hydrogen-bond donors (Lipinski definition) is 0. The van der Waals surface area contributed by atoms with Crippen LogP contribution in [0.1, 0.15) is 12.5 Å². The zero-order valence-electron chi connectivity index (χ0n) is 11.2. The Balaban J connectivity index is 2.58. The van der Waals surface area contributed by atoms with Gasteiger partial charge in [0.2, 0.25) is 5.03 Å². The van der Waals surface area contributed by atoms with Gasteiger partial charge in [-0.15, -0.1) is 0 Å². The number of halogens is 1. The van der Waals surface area contributed by atoms with Crippen molar-refractivity contribution in [2.45, 2.75) is 18.9 Å². The highest BCUT2D eigenvalue weighted by Crippen LogP contribution is 2.26. The lowest BCUT2D eigenvalue weighted by Gasteiger charge is -2.24. The van der Waals surface area contributed by atoms with Crippen molar-refractivity contribution in [3.63, 3.8) is 0 Å². The Morgan fingerprint density at radius 1 is 1.20 bits per heavy atom. The molecule has 1 aromatic carbocycles. The van der Waals surface area contributed by atoms with Crippen LogP contribution in [0.2, 0.25) is 0 Å². The van der Waals surface area contributed by atoms with Gasteiger partial charge in [-0.25, -0.2) is 9.37 Å². The summed E-state index contributed by atoms with van der Waals surface area (Å²) in [6, 6.07) is 9.51. The predicted octanol–water partition coefficient (Wildman–Crippen LogP) is 2.74. The largest absolute Gasteiger partial charge is 0.284 e. The summed E-state index contributed by atoms with van der Waals surface area (Å²) >= 11 is 0. The third-order valence-corrected chi connectivity index (χ3v) is 4.75. The van der Waals surface area contributed by atoms with E-state index in [2.05, 4.69) is 4.98 Å². The number of sulfonamides is 1. The lowest BCUT2D eigenvalue weighted by atomic mass is 10.2. The number of hydrogen-bond acceptors (Lipinski definition) is 3. The molecule has 6 heteroatoms. The van der Waals surface area contributed by atoms with Crippen molar-refractivity contribution >= 4 is 15.7 Å². The molecule has 0 amide bonds. The summed E-state index contributed by atoms with van der Waals surface area (Å²) in [5, 5.41) is -0.551. The van der Waals surface area contributed by atoms with Crippen molar-refractivity contribution in [1.29, 1.82) is 0 Å². The molecule has 1 aromatic heterocycles. The van der Waals surface area contributed by atoms with Crippen molar-refractivity contribution < 1.29 is 12.8 Å². The third kappa shape index (κ3) is 2.51. The van der Waals surface area contributed by atoms with Gasteiger partial charge in [0.05, 0.1) is 5.69 Å². The summed E-state index contributed by atoms with van der Waals surface area (Å²) in [5.74, 6) is -0.848. The molecule has 106 valence electrons. The van der Waals surface area contributed by atoms with E-state index < -0.39 is 20.9 Å². The first-order chi connectivity index (χ1) is 9.48. The van der Waals surface area contributed by atoms with E-state index in [0.29, 0.717) is 5.69 Å². The molecule has 0 unspecified atom stereocenters. The maximum absolute atomic E-state index is 13.7. The van der Waals surface area contributed by atoms with Crippen molar-refractivity contribution in [2.24, 2.45) is 0 Å². The van der Waals surface area contributed by atoms with Crippen LogP contribution < -0.4 is 4.31 Å². The summed E-state index contributed by atoms with van der Waals surface area (Å²) < 4.78 is 40.0. The maximum Gasteiger partial charge on any atom is 0.284 e. The lowest BCUT2D eigenvalue weighted by molar-refractivity contribution is 0.551. The Labute approximate surface area is 117 Å². The van der Waals surface area contributed by atoms with E-state index in [4.69, 9.17) is 0 Å². The van der Waals surface area contributed by atoms with Gasteiger partial charge in [0.1, 0.15) is 0 Å². The molecule has 0 aliphatic rings. The zero-order chi connectivity index (χ0) is 14.8. The van der Waals surface area contributed by atoms with Crippen LogP contribution in [0.4, 0.5) is 10.1 Å². The van der Waals surface area contributed by atoms with Crippen LogP contribution in [0.25, 0.3) is 0 Å². The highest BCUT2D eigenvalue weighted by atomic mass is 32.2. The summed E-state index contributed by atoms with van der Waals surface area (Å²) in [4.78, 5) is 3.67. The number of aromatic nitrogens is 1. The Kier molecular flexibility index (Phi) is 4.04. The van der Waals surface area contributed by atoms with Crippen molar-refractivity contribution in [1.82, 2.24) is 4.98 Å².